The number of nitrogens with one attached hydrogen (secondary N) is 1. The van der Waals surface area contributed by atoms with Crippen molar-refractivity contribution in [3.63, 3.8) is 0 Å². The number of aryl methyl sites for hydroxylation is 1. The third-order valence-electron chi connectivity index (χ3n) is 2.95. The Hall–Kier alpha value is -1.35. The van der Waals surface area contributed by atoms with E-state index in [2.05, 4.69) is 5.32 Å². The number of hydrogen-bond donors (Lipinski definition) is 2. The van der Waals surface area contributed by atoms with Crippen LogP contribution in [0.25, 0.3) is 0 Å². The molecule has 1 rings (SSSR count). The quantitative estimate of drug-likeness (QED) is 0.819. The normalized spacial score (nSPS) is 12.2. The highest BCUT2D eigenvalue weighted by molar-refractivity contribution is 5.93. The zero-order valence-electron chi connectivity index (χ0n) is 10.1. The molecule has 0 aliphatic heterocycles. The van der Waals surface area contributed by atoms with Gasteiger partial charge in [-0.3, -0.25) is 4.79 Å². The van der Waals surface area contributed by atoms with Crippen LogP contribution in [-0.4, -0.2) is 17.6 Å². The van der Waals surface area contributed by atoms with Crippen LogP contribution in [0.4, 0.5) is 5.69 Å². The van der Waals surface area contributed by atoms with Crippen LogP contribution in [-0.2, 0) is 4.79 Å². The topological polar surface area (TPSA) is 49.3 Å². The molecule has 1 aromatic rings. The van der Waals surface area contributed by atoms with Gasteiger partial charge in [-0.1, -0.05) is 19.1 Å². The van der Waals surface area contributed by atoms with Gasteiger partial charge < -0.3 is 10.4 Å². The van der Waals surface area contributed by atoms with E-state index in [1.54, 1.807) is 0 Å². The summed E-state index contributed by atoms with van der Waals surface area (Å²) in [6, 6.07) is 5.80. The van der Waals surface area contributed by atoms with E-state index in [0.29, 0.717) is 6.42 Å². The smallest absolute Gasteiger partial charge is 0.229 e. The van der Waals surface area contributed by atoms with Gasteiger partial charge in [-0.25, -0.2) is 0 Å². The zero-order valence-corrected chi connectivity index (χ0v) is 10.1. The summed E-state index contributed by atoms with van der Waals surface area (Å²) in [7, 11) is 0. The first-order valence-electron chi connectivity index (χ1n) is 5.58. The van der Waals surface area contributed by atoms with Crippen molar-refractivity contribution in [2.24, 2.45) is 5.92 Å². The fourth-order valence-corrected chi connectivity index (χ4v) is 1.52. The highest BCUT2D eigenvalue weighted by Crippen LogP contribution is 2.19. The molecule has 0 saturated carbocycles. The standard InChI is InChI=1S/C13H19NO2/c1-4-11(8-15)13(16)14-12-7-5-6-9(2)10(12)3/h5-7,11,15H,4,8H2,1-3H3,(H,14,16). The Kier molecular flexibility index (Phi) is 4.50. The first kappa shape index (κ1) is 12.7. The number of amides is 1. The van der Waals surface area contributed by atoms with E-state index in [9.17, 15) is 4.79 Å². The van der Waals surface area contributed by atoms with Crippen molar-refractivity contribution in [3.05, 3.63) is 29.3 Å². The first-order valence-corrected chi connectivity index (χ1v) is 5.58. The Morgan fingerprint density at radius 1 is 1.44 bits per heavy atom. The van der Waals surface area contributed by atoms with Crippen molar-refractivity contribution in [2.45, 2.75) is 27.2 Å². The van der Waals surface area contributed by atoms with E-state index in [4.69, 9.17) is 5.11 Å². The van der Waals surface area contributed by atoms with E-state index in [-0.39, 0.29) is 18.4 Å². The maximum Gasteiger partial charge on any atom is 0.229 e. The molecular formula is C13H19NO2. The molecule has 88 valence electrons. The molecule has 1 atom stereocenters. The molecule has 0 bridgehead atoms. The van der Waals surface area contributed by atoms with Crippen LogP contribution in [0, 0.1) is 19.8 Å². The molecule has 0 radical (unpaired) electrons. The second-order valence-corrected chi connectivity index (χ2v) is 4.02. The molecule has 0 fully saturated rings. The van der Waals surface area contributed by atoms with Crippen molar-refractivity contribution in [3.8, 4) is 0 Å². The van der Waals surface area contributed by atoms with Crippen LogP contribution in [0.5, 0.6) is 0 Å². The number of anilines is 1. The first-order chi connectivity index (χ1) is 7.60. The van der Waals surface area contributed by atoms with Crippen molar-refractivity contribution in [1.82, 2.24) is 0 Å². The summed E-state index contributed by atoms with van der Waals surface area (Å²) < 4.78 is 0. The summed E-state index contributed by atoms with van der Waals surface area (Å²) in [5.41, 5.74) is 3.05. The number of aliphatic hydroxyl groups excluding tert-OH is 1. The maximum absolute atomic E-state index is 11.8. The third kappa shape index (κ3) is 2.83. The molecular weight excluding hydrogens is 202 g/mol. The van der Waals surface area contributed by atoms with Gasteiger partial charge in [-0.2, -0.15) is 0 Å². The van der Waals surface area contributed by atoms with Crippen LogP contribution in [0.3, 0.4) is 0 Å². The lowest BCUT2D eigenvalue weighted by atomic mass is 10.1. The van der Waals surface area contributed by atoms with Gasteiger partial charge in [-0.15, -0.1) is 0 Å². The van der Waals surface area contributed by atoms with E-state index >= 15 is 0 Å². The number of rotatable bonds is 4. The predicted octanol–water partition coefficient (Wildman–Crippen LogP) is 2.26. The average Bonchev–Trinajstić information content (AvgIpc) is 2.26. The molecule has 0 aromatic heterocycles. The summed E-state index contributed by atoms with van der Waals surface area (Å²) >= 11 is 0. The van der Waals surface area contributed by atoms with Gasteiger partial charge in [0.25, 0.3) is 0 Å². The van der Waals surface area contributed by atoms with Crippen LogP contribution in [0.15, 0.2) is 18.2 Å². The fourth-order valence-electron chi connectivity index (χ4n) is 1.52. The van der Waals surface area contributed by atoms with Gasteiger partial charge >= 0.3 is 0 Å². The van der Waals surface area contributed by atoms with Crippen LogP contribution in [0.2, 0.25) is 0 Å². The molecule has 0 heterocycles. The monoisotopic (exact) mass is 221 g/mol. The summed E-state index contributed by atoms with van der Waals surface area (Å²) in [6.45, 7) is 5.77. The number of carbonyl (C=O) groups is 1. The Morgan fingerprint density at radius 3 is 2.69 bits per heavy atom. The van der Waals surface area contributed by atoms with Gasteiger partial charge in [0.15, 0.2) is 0 Å². The maximum atomic E-state index is 11.8. The van der Waals surface area contributed by atoms with Gasteiger partial charge in [-0.05, 0) is 37.5 Å². The minimum atomic E-state index is -0.320. The SMILES string of the molecule is CCC(CO)C(=O)Nc1cccc(C)c1C. The van der Waals surface area contributed by atoms with Crippen molar-refractivity contribution >= 4 is 11.6 Å². The van der Waals surface area contributed by atoms with Crippen LogP contribution in [0.1, 0.15) is 24.5 Å². The van der Waals surface area contributed by atoms with E-state index < -0.39 is 0 Å². The molecule has 3 nitrogen and oxygen atoms in total. The highest BCUT2D eigenvalue weighted by Gasteiger charge is 2.15. The van der Waals surface area contributed by atoms with E-state index in [1.807, 2.05) is 39.0 Å². The highest BCUT2D eigenvalue weighted by atomic mass is 16.3. The summed E-state index contributed by atoms with van der Waals surface area (Å²) in [5, 5.41) is 11.9. The summed E-state index contributed by atoms with van der Waals surface area (Å²) in [6.07, 6.45) is 0.646. The fraction of sp³-hybridized carbons (Fsp3) is 0.462. The minimum Gasteiger partial charge on any atom is -0.396 e. The molecule has 1 aromatic carbocycles. The minimum absolute atomic E-state index is 0.104. The van der Waals surface area contributed by atoms with Gasteiger partial charge in [0, 0.05) is 5.69 Å². The predicted molar refractivity (Wildman–Crippen MR) is 65.4 cm³/mol. The molecule has 0 aliphatic carbocycles. The third-order valence-corrected chi connectivity index (χ3v) is 2.95. The van der Waals surface area contributed by atoms with Gasteiger partial charge in [0.2, 0.25) is 5.91 Å². The van der Waals surface area contributed by atoms with Crippen molar-refractivity contribution in [2.75, 3.05) is 11.9 Å². The summed E-state index contributed by atoms with van der Waals surface area (Å²) in [4.78, 5) is 11.8. The Morgan fingerprint density at radius 2 is 2.12 bits per heavy atom. The van der Waals surface area contributed by atoms with Crippen molar-refractivity contribution in [1.29, 1.82) is 0 Å². The molecule has 0 aliphatic rings. The van der Waals surface area contributed by atoms with Crippen LogP contribution >= 0.6 is 0 Å². The Balaban J connectivity index is 2.80. The van der Waals surface area contributed by atoms with Gasteiger partial charge in [0.05, 0.1) is 12.5 Å². The lowest BCUT2D eigenvalue weighted by molar-refractivity contribution is -0.121. The van der Waals surface area contributed by atoms with E-state index in [1.165, 1.54) is 0 Å². The number of carbonyl (C=O) groups excluding carboxylic acids is 1. The van der Waals surface area contributed by atoms with Crippen molar-refractivity contribution < 1.29 is 9.90 Å². The lowest BCUT2D eigenvalue weighted by Gasteiger charge is -2.14. The molecule has 16 heavy (non-hydrogen) atoms. The number of benzene rings is 1. The molecule has 0 saturated heterocycles. The van der Waals surface area contributed by atoms with Gasteiger partial charge in [0.1, 0.15) is 0 Å². The zero-order chi connectivity index (χ0) is 12.1. The number of hydrogen-bond acceptors (Lipinski definition) is 2. The molecule has 0 spiro atoms. The average molecular weight is 221 g/mol. The summed E-state index contributed by atoms with van der Waals surface area (Å²) in [5.74, 6) is -0.432. The second-order valence-electron chi connectivity index (χ2n) is 4.02. The second kappa shape index (κ2) is 5.66. The van der Waals surface area contributed by atoms with E-state index in [0.717, 1.165) is 16.8 Å². The molecule has 1 amide bonds. The largest absolute Gasteiger partial charge is 0.396 e. The Labute approximate surface area is 96.5 Å². The number of aliphatic hydroxyl groups is 1. The molecule has 3 heteroatoms. The molecule has 1 unspecified atom stereocenters. The lowest BCUT2D eigenvalue weighted by Crippen LogP contribution is -2.25. The molecule has 2 N–H and O–H groups in total. The Bertz CT molecular complexity index is 370. The van der Waals surface area contributed by atoms with Crippen LogP contribution < -0.4 is 5.32 Å².